The van der Waals surface area contributed by atoms with Crippen LogP contribution in [0.15, 0.2) is 46.6 Å². The Bertz CT molecular complexity index is 1270. The standard InChI is InChI=1S/C22H19Cl2N5O2S/c23-14-1-2-15(17(24)11-14)18-12-25-19(31-18)3-4-20(30)28-6-8-29(9-7-28)21-16-5-10-32-22(16)27-13-26-21/h1-2,5,10-13H,3-4,6-9H2. The molecule has 0 spiro atoms. The number of hydrogen-bond donors (Lipinski definition) is 0. The molecule has 7 nitrogen and oxygen atoms in total. The summed E-state index contributed by atoms with van der Waals surface area (Å²) in [6.45, 7) is 2.80. The topological polar surface area (TPSA) is 75.4 Å². The Morgan fingerprint density at radius 1 is 1.09 bits per heavy atom. The van der Waals surface area contributed by atoms with Crippen molar-refractivity contribution in [2.45, 2.75) is 12.8 Å². The summed E-state index contributed by atoms with van der Waals surface area (Å²) in [5.74, 6) is 2.11. The van der Waals surface area contributed by atoms with Crippen molar-refractivity contribution in [2.75, 3.05) is 31.1 Å². The van der Waals surface area contributed by atoms with E-state index in [-0.39, 0.29) is 5.91 Å². The summed E-state index contributed by atoms with van der Waals surface area (Å²) in [5, 5.41) is 4.15. The van der Waals surface area contributed by atoms with Gasteiger partial charge in [0.15, 0.2) is 11.7 Å². The fourth-order valence-electron chi connectivity index (χ4n) is 3.81. The molecule has 0 unspecified atom stereocenters. The maximum absolute atomic E-state index is 12.7. The number of fused-ring (bicyclic) bond motifs is 1. The van der Waals surface area contributed by atoms with Crippen LogP contribution in [0.2, 0.25) is 10.0 Å². The van der Waals surface area contributed by atoms with E-state index in [9.17, 15) is 4.79 Å². The summed E-state index contributed by atoms with van der Waals surface area (Å²) in [7, 11) is 0. The van der Waals surface area contributed by atoms with Gasteiger partial charge >= 0.3 is 0 Å². The van der Waals surface area contributed by atoms with Crippen LogP contribution in [0, 0.1) is 0 Å². The predicted octanol–water partition coefficient (Wildman–Crippen LogP) is 4.93. The molecule has 1 fully saturated rings. The van der Waals surface area contributed by atoms with Gasteiger partial charge in [0.05, 0.1) is 16.6 Å². The number of halogens is 2. The van der Waals surface area contributed by atoms with E-state index in [1.807, 2.05) is 10.3 Å². The first-order chi connectivity index (χ1) is 15.6. The second-order valence-corrected chi connectivity index (χ2v) is 9.19. The van der Waals surface area contributed by atoms with Gasteiger partial charge in [-0.2, -0.15) is 0 Å². The van der Waals surface area contributed by atoms with Crippen LogP contribution < -0.4 is 4.90 Å². The third-order valence-electron chi connectivity index (χ3n) is 5.48. The van der Waals surface area contributed by atoms with Gasteiger partial charge in [-0.3, -0.25) is 4.79 Å². The summed E-state index contributed by atoms with van der Waals surface area (Å²) < 4.78 is 5.81. The quantitative estimate of drug-likeness (QED) is 0.397. The minimum Gasteiger partial charge on any atom is -0.441 e. The Balaban J connectivity index is 1.17. The van der Waals surface area contributed by atoms with Crippen LogP contribution in [0.1, 0.15) is 12.3 Å². The fourth-order valence-corrected chi connectivity index (χ4v) is 5.04. The molecule has 0 atom stereocenters. The van der Waals surface area contributed by atoms with E-state index < -0.39 is 0 Å². The number of benzene rings is 1. The van der Waals surface area contributed by atoms with E-state index in [0.29, 0.717) is 47.6 Å². The molecule has 10 heteroatoms. The molecular formula is C22H19Cl2N5O2S. The number of rotatable bonds is 5. The maximum Gasteiger partial charge on any atom is 0.223 e. The van der Waals surface area contributed by atoms with Crippen LogP contribution in [0.5, 0.6) is 0 Å². The number of aromatic nitrogens is 3. The van der Waals surface area contributed by atoms with Gasteiger partial charge in [-0.15, -0.1) is 11.3 Å². The highest BCUT2D eigenvalue weighted by Crippen LogP contribution is 2.31. The zero-order chi connectivity index (χ0) is 22.1. The van der Waals surface area contributed by atoms with Crippen LogP contribution in [0.25, 0.3) is 21.5 Å². The van der Waals surface area contributed by atoms with Crippen molar-refractivity contribution in [3.05, 3.63) is 58.1 Å². The Labute approximate surface area is 198 Å². The molecule has 5 rings (SSSR count). The van der Waals surface area contributed by atoms with Crippen LogP contribution in [0.3, 0.4) is 0 Å². The average Bonchev–Trinajstić information content (AvgIpc) is 3.47. The Kier molecular flexibility index (Phi) is 5.99. The van der Waals surface area contributed by atoms with Crippen molar-refractivity contribution >= 4 is 56.5 Å². The van der Waals surface area contributed by atoms with Crippen molar-refractivity contribution < 1.29 is 9.21 Å². The molecule has 0 bridgehead atoms. The van der Waals surface area contributed by atoms with Gasteiger partial charge in [0.25, 0.3) is 0 Å². The van der Waals surface area contributed by atoms with Gasteiger partial charge in [0, 0.05) is 49.6 Å². The van der Waals surface area contributed by atoms with Crippen LogP contribution in [0.4, 0.5) is 5.82 Å². The summed E-state index contributed by atoms with van der Waals surface area (Å²) in [5.41, 5.74) is 0.724. The van der Waals surface area contributed by atoms with E-state index in [4.69, 9.17) is 27.6 Å². The number of oxazole rings is 1. The first-order valence-electron chi connectivity index (χ1n) is 10.2. The third kappa shape index (κ3) is 4.30. The first kappa shape index (κ1) is 21.2. The monoisotopic (exact) mass is 487 g/mol. The highest BCUT2D eigenvalue weighted by atomic mass is 35.5. The molecule has 3 aromatic heterocycles. The van der Waals surface area contributed by atoms with Crippen LogP contribution in [-0.4, -0.2) is 51.9 Å². The van der Waals surface area contributed by atoms with Crippen molar-refractivity contribution in [3.63, 3.8) is 0 Å². The van der Waals surface area contributed by atoms with Crippen molar-refractivity contribution in [3.8, 4) is 11.3 Å². The molecule has 164 valence electrons. The normalized spacial score (nSPS) is 14.3. The van der Waals surface area contributed by atoms with Crippen LogP contribution in [-0.2, 0) is 11.2 Å². The van der Waals surface area contributed by atoms with E-state index in [1.165, 1.54) is 0 Å². The van der Waals surface area contributed by atoms with E-state index in [2.05, 4.69) is 25.9 Å². The van der Waals surface area contributed by atoms with E-state index in [0.717, 1.165) is 34.7 Å². The molecule has 1 aromatic carbocycles. The molecule has 4 heterocycles. The van der Waals surface area contributed by atoms with E-state index >= 15 is 0 Å². The number of amides is 1. The average molecular weight is 488 g/mol. The number of aryl methyl sites for hydroxylation is 1. The zero-order valence-corrected chi connectivity index (χ0v) is 19.3. The summed E-state index contributed by atoms with van der Waals surface area (Å²) in [6.07, 6.45) is 4.01. The Morgan fingerprint density at radius 3 is 2.75 bits per heavy atom. The van der Waals surface area contributed by atoms with Gasteiger partial charge in [-0.1, -0.05) is 23.2 Å². The second-order valence-electron chi connectivity index (χ2n) is 7.45. The second kappa shape index (κ2) is 9.05. The maximum atomic E-state index is 12.7. The minimum atomic E-state index is 0.0947. The number of nitrogens with zero attached hydrogens (tertiary/aromatic N) is 5. The van der Waals surface area contributed by atoms with Crippen molar-refractivity contribution in [1.82, 2.24) is 19.9 Å². The predicted molar refractivity (Wildman–Crippen MR) is 126 cm³/mol. The molecule has 1 aliphatic rings. The smallest absolute Gasteiger partial charge is 0.223 e. The number of carbonyl (C=O) groups excluding carboxylic acids is 1. The van der Waals surface area contributed by atoms with Crippen molar-refractivity contribution in [1.29, 1.82) is 0 Å². The SMILES string of the molecule is O=C(CCc1ncc(-c2ccc(Cl)cc2Cl)o1)N1CCN(c2ncnc3sccc23)CC1. The number of hydrogen-bond acceptors (Lipinski definition) is 7. The van der Waals surface area contributed by atoms with Gasteiger partial charge in [0.2, 0.25) is 5.91 Å². The molecule has 1 amide bonds. The lowest BCUT2D eigenvalue weighted by atomic mass is 10.2. The Morgan fingerprint density at radius 2 is 1.94 bits per heavy atom. The molecule has 0 saturated carbocycles. The van der Waals surface area contributed by atoms with E-state index in [1.54, 1.807) is 42.1 Å². The highest BCUT2D eigenvalue weighted by Gasteiger charge is 2.23. The fraction of sp³-hybridized carbons (Fsp3) is 0.273. The molecule has 0 radical (unpaired) electrons. The molecule has 32 heavy (non-hydrogen) atoms. The van der Waals surface area contributed by atoms with Gasteiger partial charge < -0.3 is 14.2 Å². The van der Waals surface area contributed by atoms with Gasteiger partial charge in [-0.25, -0.2) is 15.0 Å². The molecular weight excluding hydrogens is 469 g/mol. The van der Waals surface area contributed by atoms with Gasteiger partial charge in [0.1, 0.15) is 17.0 Å². The molecule has 1 aliphatic heterocycles. The highest BCUT2D eigenvalue weighted by molar-refractivity contribution is 7.16. The van der Waals surface area contributed by atoms with Gasteiger partial charge in [-0.05, 0) is 29.6 Å². The number of anilines is 1. The number of piperazine rings is 1. The molecule has 1 saturated heterocycles. The van der Waals surface area contributed by atoms with Crippen LogP contribution >= 0.6 is 34.5 Å². The zero-order valence-electron chi connectivity index (χ0n) is 17.0. The summed E-state index contributed by atoms with van der Waals surface area (Å²) in [6, 6.07) is 7.25. The minimum absolute atomic E-state index is 0.0947. The lowest BCUT2D eigenvalue weighted by molar-refractivity contribution is -0.131. The summed E-state index contributed by atoms with van der Waals surface area (Å²) in [4.78, 5) is 30.9. The lowest BCUT2D eigenvalue weighted by Gasteiger charge is -2.35. The lowest BCUT2D eigenvalue weighted by Crippen LogP contribution is -2.49. The number of carbonyl (C=O) groups is 1. The summed E-state index contributed by atoms with van der Waals surface area (Å²) >= 11 is 13.8. The Hall–Kier alpha value is -2.68. The largest absolute Gasteiger partial charge is 0.441 e. The molecule has 4 aromatic rings. The molecule has 0 N–H and O–H groups in total. The third-order valence-corrected chi connectivity index (χ3v) is 6.84. The number of thiophene rings is 1. The molecule has 0 aliphatic carbocycles. The first-order valence-corrected chi connectivity index (χ1v) is 11.8. The van der Waals surface area contributed by atoms with Crippen molar-refractivity contribution in [2.24, 2.45) is 0 Å².